The van der Waals surface area contributed by atoms with Crippen LogP contribution in [0.15, 0.2) is 42.5 Å². The molecule has 5 aliphatic heterocycles. The van der Waals surface area contributed by atoms with E-state index in [-0.39, 0.29) is 30.6 Å². The number of benzene rings is 2. The zero-order valence-corrected chi connectivity index (χ0v) is 30.1. The molecule has 2 unspecified atom stereocenters. The van der Waals surface area contributed by atoms with Crippen LogP contribution in [-0.4, -0.2) is 113 Å². The highest BCUT2D eigenvalue weighted by atomic mass is 16.2. The molecule has 3 aromatic rings. The van der Waals surface area contributed by atoms with Gasteiger partial charge in [-0.05, 0) is 99.3 Å². The second kappa shape index (κ2) is 15.1. The first-order valence-corrected chi connectivity index (χ1v) is 18.9. The number of amides is 5. The van der Waals surface area contributed by atoms with Gasteiger partial charge in [0.1, 0.15) is 6.04 Å². The van der Waals surface area contributed by atoms with Crippen LogP contribution in [0, 0.1) is 5.92 Å². The van der Waals surface area contributed by atoms with Crippen molar-refractivity contribution in [3.05, 3.63) is 59.2 Å². The predicted octanol–water partition coefficient (Wildman–Crippen LogP) is 2.22. The van der Waals surface area contributed by atoms with Crippen LogP contribution in [-0.2, 0) is 14.4 Å². The van der Waals surface area contributed by atoms with Crippen molar-refractivity contribution in [2.75, 3.05) is 66.2 Å². The summed E-state index contributed by atoms with van der Waals surface area (Å²) < 4.78 is 0. The maximum absolute atomic E-state index is 13.3. The maximum Gasteiger partial charge on any atom is 0.262 e. The summed E-state index contributed by atoms with van der Waals surface area (Å²) >= 11 is 0. The molecular formula is C38H45N11O5. The maximum atomic E-state index is 13.3. The lowest BCUT2D eigenvalue weighted by Gasteiger charge is -2.34. The molecule has 2 aromatic carbocycles. The zero-order valence-electron chi connectivity index (χ0n) is 30.1. The van der Waals surface area contributed by atoms with Crippen molar-refractivity contribution in [2.45, 2.75) is 62.9 Å². The van der Waals surface area contributed by atoms with Gasteiger partial charge in [-0.15, -0.1) is 10.2 Å². The van der Waals surface area contributed by atoms with Crippen LogP contribution < -0.4 is 31.5 Å². The average Bonchev–Trinajstić information content (AvgIpc) is 3.74. The van der Waals surface area contributed by atoms with Crippen LogP contribution in [0.3, 0.4) is 0 Å². The van der Waals surface area contributed by atoms with Gasteiger partial charge in [-0.1, -0.05) is 12.1 Å². The normalized spacial score (nSPS) is 23.8. The molecule has 0 spiro atoms. The number of hydrogen-bond acceptors (Lipinski definition) is 13. The molecule has 8 rings (SSSR count). The van der Waals surface area contributed by atoms with Crippen LogP contribution in [0.25, 0.3) is 0 Å². The van der Waals surface area contributed by atoms with Gasteiger partial charge in [-0.25, -0.2) is 0 Å². The molecule has 3 atom stereocenters. The number of nitrogens with zero attached hydrogens (tertiary/aromatic N) is 7. The Morgan fingerprint density at radius 2 is 1.63 bits per heavy atom. The molecule has 5 amide bonds. The average molecular weight is 736 g/mol. The lowest BCUT2D eigenvalue weighted by molar-refractivity contribution is -0.136. The second-order valence-corrected chi connectivity index (χ2v) is 15.0. The Morgan fingerprint density at radius 1 is 0.833 bits per heavy atom. The van der Waals surface area contributed by atoms with Crippen molar-refractivity contribution < 1.29 is 24.0 Å². The number of rotatable bonds is 10. The molecule has 1 aromatic heterocycles. The molecule has 282 valence electrons. The highest BCUT2D eigenvalue weighted by molar-refractivity contribution is 6.23. The third-order valence-electron chi connectivity index (χ3n) is 11.4. The van der Waals surface area contributed by atoms with Gasteiger partial charge in [0, 0.05) is 56.6 Å². The number of piperidine rings is 3. The van der Waals surface area contributed by atoms with Crippen molar-refractivity contribution in [1.29, 1.82) is 0 Å². The second-order valence-electron chi connectivity index (χ2n) is 15.0. The Labute approximate surface area is 312 Å². The van der Waals surface area contributed by atoms with Crippen molar-refractivity contribution in [3.63, 3.8) is 0 Å². The van der Waals surface area contributed by atoms with Crippen molar-refractivity contribution in [2.24, 2.45) is 11.7 Å². The van der Waals surface area contributed by atoms with E-state index in [1.165, 1.54) is 5.56 Å². The van der Waals surface area contributed by atoms with Gasteiger partial charge in [-0.2, -0.15) is 4.98 Å². The van der Waals surface area contributed by atoms with Crippen LogP contribution >= 0.6 is 0 Å². The highest BCUT2D eigenvalue weighted by Gasteiger charge is 2.45. The first-order chi connectivity index (χ1) is 26.2. The van der Waals surface area contributed by atoms with E-state index in [9.17, 15) is 24.0 Å². The fraction of sp³-hybridized carbons (Fsp3) is 0.474. The van der Waals surface area contributed by atoms with E-state index >= 15 is 0 Å². The van der Waals surface area contributed by atoms with Gasteiger partial charge < -0.3 is 31.1 Å². The van der Waals surface area contributed by atoms with E-state index in [4.69, 9.17) is 5.73 Å². The van der Waals surface area contributed by atoms with Gasteiger partial charge in [0.25, 0.3) is 11.8 Å². The van der Waals surface area contributed by atoms with Crippen LogP contribution in [0.4, 0.5) is 29.0 Å². The summed E-state index contributed by atoms with van der Waals surface area (Å²) in [5, 5.41) is 16.6. The lowest BCUT2D eigenvalue weighted by Crippen LogP contribution is -2.54. The molecule has 54 heavy (non-hydrogen) atoms. The van der Waals surface area contributed by atoms with Gasteiger partial charge in [0.05, 0.1) is 11.1 Å². The minimum Gasteiger partial charge on any atom is -0.371 e. The first kappa shape index (κ1) is 35.5. The van der Waals surface area contributed by atoms with Crippen molar-refractivity contribution >= 4 is 59.0 Å². The van der Waals surface area contributed by atoms with E-state index in [2.05, 4.69) is 53.1 Å². The van der Waals surface area contributed by atoms with Gasteiger partial charge >= 0.3 is 0 Å². The number of fused-ring (bicyclic) bond motifs is 1. The summed E-state index contributed by atoms with van der Waals surface area (Å²) in [6.45, 7) is 6.24. The fourth-order valence-corrected chi connectivity index (χ4v) is 8.54. The van der Waals surface area contributed by atoms with E-state index in [1.54, 1.807) is 12.1 Å². The van der Waals surface area contributed by atoms with Crippen LogP contribution in [0.5, 0.6) is 0 Å². The monoisotopic (exact) mass is 735 g/mol. The highest BCUT2D eigenvalue weighted by Crippen LogP contribution is 2.34. The summed E-state index contributed by atoms with van der Waals surface area (Å²) in [5.74, 6) is 0.156. The SMILES string of the molecule is N[C@@H]1CCCN(c2nnc(NC=O)c(Nc3ccc(C4CCN(CC5CCN(c6ccc7c(c6)C(=O)N(C6CCC(=O)NC6=O)C7=O)C5)CC4)cc3)n2)C1. The summed E-state index contributed by atoms with van der Waals surface area (Å²) in [5.41, 5.74) is 9.81. The quantitative estimate of drug-likeness (QED) is 0.175. The van der Waals surface area contributed by atoms with Crippen molar-refractivity contribution in [3.8, 4) is 0 Å². The molecule has 4 saturated heterocycles. The topological polar surface area (TPSA) is 199 Å². The molecule has 5 N–H and O–H groups in total. The molecule has 0 saturated carbocycles. The van der Waals surface area contributed by atoms with Crippen LogP contribution in [0.1, 0.15) is 77.1 Å². The summed E-state index contributed by atoms with van der Waals surface area (Å²) in [4.78, 5) is 74.3. The molecule has 6 heterocycles. The number of carbonyl (C=O) groups excluding carboxylic acids is 5. The number of likely N-dealkylation sites (tertiary alicyclic amines) is 1. The van der Waals surface area contributed by atoms with E-state index in [1.807, 2.05) is 23.1 Å². The summed E-state index contributed by atoms with van der Waals surface area (Å²) in [6.07, 6.45) is 5.90. The molecule has 4 fully saturated rings. The Balaban J connectivity index is 0.833. The number of aromatic nitrogens is 3. The van der Waals surface area contributed by atoms with Crippen molar-refractivity contribution in [1.82, 2.24) is 30.3 Å². The zero-order chi connectivity index (χ0) is 37.3. The standard InChI is InChI=1S/C38H45N11O5/c39-26-2-1-14-48(21-26)38-43-34(33(40-22-50)44-45-38)41-27-5-3-24(4-6-27)25-12-15-46(16-13-25)19-23-11-17-47(20-23)28-7-8-29-30(18-28)37(54)49(36(29)53)31-9-10-32(51)42-35(31)52/h3-8,18,22-23,25-26,31H,1-2,9-17,19-21,39H2,(H,40,44,50)(H,41,43,45)(H,42,51,52)/t23?,26-,31?/m1/s1. The number of carbonyl (C=O) groups is 5. The van der Waals surface area contributed by atoms with Crippen LogP contribution in [0.2, 0.25) is 0 Å². The number of imide groups is 2. The largest absolute Gasteiger partial charge is 0.371 e. The first-order valence-electron chi connectivity index (χ1n) is 18.9. The molecule has 16 nitrogen and oxygen atoms in total. The Hall–Kier alpha value is -5.48. The predicted molar refractivity (Wildman–Crippen MR) is 201 cm³/mol. The third-order valence-corrected chi connectivity index (χ3v) is 11.4. The molecular weight excluding hydrogens is 690 g/mol. The molecule has 0 aliphatic carbocycles. The molecule has 16 heteroatoms. The minimum absolute atomic E-state index is 0.0632. The Morgan fingerprint density at radius 3 is 2.39 bits per heavy atom. The van der Waals surface area contributed by atoms with Gasteiger partial charge in [0.15, 0.2) is 11.6 Å². The number of nitrogens with two attached hydrogens (primary N) is 1. The number of anilines is 5. The number of hydrogen-bond donors (Lipinski definition) is 4. The summed E-state index contributed by atoms with van der Waals surface area (Å²) in [6, 6.07) is 12.8. The molecule has 0 bridgehead atoms. The lowest BCUT2D eigenvalue weighted by atomic mass is 9.89. The molecule has 0 radical (unpaired) electrons. The van der Waals surface area contributed by atoms with E-state index in [0.717, 1.165) is 87.6 Å². The summed E-state index contributed by atoms with van der Waals surface area (Å²) in [7, 11) is 0. The van der Waals surface area contributed by atoms with E-state index in [0.29, 0.717) is 47.7 Å². The molecule has 5 aliphatic rings. The minimum atomic E-state index is -0.969. The Kier molecular flexibility index (Phi) is 9.94. The van der Waals surface area contributed by atoms with Gasteiger partial charge in [-0.3, -0.25) is 34.2 Å². The van der Waals surface area contributed by atoms with E-state index < -0.39 is 23.8 Å². The number of nitrogens with one attached hydrogen (secondary N) is 3. The Bertz CT molecular complexity index is 1950. The fourth-order valence-electron chi connectivity index (χ4n) is 8.54. The third kappa shape index (κ3) is 7.22. The smallest absolute Gasteiger partial charge is 0.262 e. The van der Waals surface area contributed by atoms with Gasteiger partial charge in [0.2, 0.25) is 24.2 Å².